The molecular formula is C24H27FN4O2. The molecule has 0 atom stereocenters. The Hall–Kier alpha value is -3.22. The van der Waals surface area contributed by atoms with Crippen LogP contribution >= 0.6 is 0 Å². The Kier molecular flexibility index (Phi) is 6.30. The molecule has 3 aromatic rings. The van der Waals surface area contributed by atoms with Crippen LogP contribution in [-0.2, 0) is 19.4 Å². The van der Waals surface area contributed by atoms with Crippen molar-refractivity contribution in [3.63, 3.8) is 0 Å². The van der Waals surface area contributed by atoms with Crippen molar-refractivity contribution in [3.05, 3.63) is 75.5 Å². The minimum absolute atomic E-state index is 0.0980. The zero-order valence-corrected chi connectivity index (χ0v) is 17.9. The monoisotopic (exact) mass is 422 g/mol. The number of aryl methyl sites for hydroxylation is 2. The normalized spacial score (nSPS) is 14.4. The first-order valence-corrected chi connectivity index (χ1v) is 10.8. The molecule has 0 unspecified atom stereocenters. The van der Waals surface area contributed by atoms with E-state index in [-0.39, 0.29) is 11.4 Å². The average Bonchev–Trinajstić information content (AvgIpc) is 3.17. The lowest BCUT2D eigenvalue weighted by molar-refractivity contribution is 0.452. The molecular weight excluding hydrogens is 395 g/mol. The van der Waals surface area contributed by atoms with Crippen LogP contribution < -0.4 is 10.9 Å². The van der Waals surface area contributed by atoms with E-state index in [1.165, 1.54) is 12.1 Å². The number of nitrogens with one attached hydrogen (secondary N) is 1. The summed E-state index contributed by atoms with van der Waals surface area (Å²) in [6, 6.07) is 4.42. The first-order valence-electron chi connectivity index (χ1n) is 10.8. The number of allylic oxidation sites excluding steroid dienone is 3. The molecule has 31 heavy (non-hydrogen) atoms. The van der Waals surface area contributed by atoms with Crippen LogP contribution in [0.15, 0.2) is 45.9 Å². The SMILES string of the molecule is CC/C=C(\C=C/NCCc1c(C)nc2n(c1=O)CCCC2)c1noc2cc(F)ccc12. The van der Waals surface area contributed by atoms with E-state index in [0.717, 1.165) is 60.3 Å². The van der Waals surface area contributed by atoms with Gasteiger partial charge in [0.1, 0.15) is 17.3 Å². The Morgan fingerprint density at radius 1 is 1.35 bits per heavy atom. The van der Waals surface area contributed by atoms with Crippen molar-refractivity contribution in [1.29, 1.82) is 0 Å². The fraction of sp³-hybridized carbons (Fsp3) is 0.375. The predicted octanol–water partition coefficient (Wildman–Crippen LogP) is 4.31. The zero-order valence-electron chi connectivity index (χ0n) is 17.9. The molecule has 0 amide bonds. The van der Waals surface area contributed by atoms with Crippen molar-refractivity contribution in [1.82, 2.24) is 20.0 Å². The van der Waals surface area contributed by atoms with Crippen LogP contribution in [0.4, 0.5) is 4.39 Å². The van der Waals surface area contributed by atoms with E-state index in [9.17, 15) is 9.18 Å². The second-order valence-corrected chi connectivity index (χ2v) is 7.78. The summed E-state index contributed by atoms with van der Waals surface area (Å²) in [6.45, 7) is 5.35. The number of aromatic nitrogens is 3. The van der Waals surface area contributed by atoms with E-state index in [2.05, 4.69) is 15.5 Å². The van der Waals surface area contributed by atoms with Crippen molar-refractivity contribution >= 4 is 16.5 Å². The first-order chi connectivity index (χ1) is 15.1. The first kappa shape index (κ1) is 21.0. The molecule has 0 saturated heterocycles. The molecule has 1 N–H and O–H groups in total. The topological polar surface area (TPSA) is 73.0 Å². The Labute approximate surface area is 180 Å². The molecule has 1 aliphatic rings. The Morgan fingerprint density at radius 3 is 3.06 bits per heavy atom. The highest BCUT2D eigenvalue weighted by molar-refractivity contribution is 5.91. The van der Waals surface area contributed by atoms with Gasteiger partial charge in [0.05, 0.1) is 0 Å². The van der Waals surface area contributed by atoms with Gasteiger partial charge >= 0.3 is 0 Å². The molecule has 0 spiro atoms. The highest BCUT2D eigenvalue weighted by Gasteiger charge is 2.16. The predicted molar refractivity (Wildman–Crippen MR) is 119 cm³/mol. The second kappa shape index (κ2) is 9.29. The highest BCUT2D eigenvalue weighted by atomic mass is 19.1. The third kappa shape index (κ3) is 4.45. The van der Waals surface area contributed by atoms with Crippen LogP contribution in [0.1, 0.15) is 49.0 Å². The van der Waals surface area contributed by atoms with Gasteiger partial charge in [-0.2, -0.15) is 0 Å². The summed E-state index contributed by atoms with van der Waals surface area (Å²) in [6.07, 6.45) is 10.3. The van der Waals surface area contributed by atoms with E-state index in [0.29, 0.717) is 24.2 Å². The van der Waals surface area contributed by atoms with Crippen LogP contribution in [0.5, 0.6) is 0 Å². The van der Waals surface area contributed by atoms with Gasteiger partial charge in [-0.3, -0.25) is 9.36 Å². The van der Waals surface area contributed by atoms with Gasteiger partial charge in [0, 0.05) is 47.8 Å². The molecule has 162 valence electrons. The molecule has 0 bridgehead atoms. The van der Waals surface area contributed by atoms with Gasteiger partial charge in [-0.15, -0.1) is 0 Å². The second-order valence-electron chi connectivity index (χ2n) is 7.78. The van der Waals surface area contributed by atoms with Gasteiger partial charge in [-0.1, -0.05) is 18.2 Å². The summed E-state index contributed by atoms with van der Waals surface area (Å²) < 4.78 is 20.5. The third-order valence-corrected chi connectivity index (χ3v) is 5.61. The maximum Gasteiger partial charge on any atom is 0.256 e. The Bertz CT molecular complexity index is 1210. The quantitative estimate of drug-likeness (QED) is 0.454. The van der Waals surface area contributed by atoms with Gasteiger partial charge in [-0.05, 0) is 57.0 Å². The summed E-state index contributed by atoms with van der Waals surface area (Å²) in [5.41, 5.74) is 3.71. The molecule has 4 rings (SSSR count). The van der Waals surface area contributed by atoms with Gasteiger partial charge < -0.3 is 9.84 Å². The van der Waals surface area contributed by atoms with Crippen molar-refractivity contribution in [2.24, 2.45) is 0 Å². The lowest BCUT2D eigenvalue weighted by atomic mass is 10.1. The Morgan fingerprint density at radius 2 is 2.23 bits per heavy atom. The largest absolute Gasteiger partial charge is 0.391 e. The van der Waals surface area contributed by atoms with E-state index >= 15 is 0 Å². The number of hydrogen-bond donors (Lipinski definition) is 1. The summed E-state index contributed by atoms with van der Waals surface area (Å²) in [4.78, 5) is 17.5. The van der Waals surface area contributed by atoms with Gasteiger partial charge in [-0.25, -0.2) is 9.37 Å². The minimum Gasteiger partial charge on any atom is -0.391 e. The van der Waals surface area contributed by atoms with E-state index < -0.39 is 0 Å². The molecule has 0 fully saturated rings. The molecule has 7 heteroatoms. The summed E-state index contributed by atoms with van der Waals surface area (Å²) in [5.74, 6) is 0.565. The number of fused-ring (bicyclic) bond motifs is 2. The van der Waals surface area contributed by atoms with Crippen LogP contribution in [0.2, 0.25) is 0 Å². The fourth-order valence-electron chi connectivity index (χ4n) is 4.03. The number of nitrogens with zero attached hydrogens (tertiary/aromatic N) is 3. The highest BCUT2D eigenvalue weighted by Crippen LogP contribution is 2.26. The molecule has 1 aliphatic heterocycles. The number of benzene rings is 1. The maximum absolute atomic E-state index is 13.4. The Balaban J connectivity index is 1.44. The molecule has 2 aromatic heterocycles. The lowest BCUT2D eigenvalue weighted by Gasteiger charge is -2.19. The van der Waals surface area contributed by atoms with E-state index in [1.807, 2.05) is 36.8 Å². The summed E-state index contributed by atoms with van der Waals surface area (Å²) >= 11 is 0. The third-order valence-electron chi connectivity index (χ3n) is 5.61. The number of halogens is 1. The zero-order chi connectivity index (χ0) is 21.8. The van der Waals surface area contributed by atoms with Gasteiger partial charge in [0.2, 0.25) is 0 Å². The molecule has 0 radical (unpaired) electrons. The summed E-state index contributed by atoms with van der Waals surface area (Å²) in [7, 11) is 0. The number of rotatable bonds is 7. The molecule has 3 heterocycles. The van der Waals surface area contributed by atoms with Crippen molar-refractivity contribution in [2.45, 2.75) is 52.5 Å². The molecule has 6 nitrogen and oxygen atoms in total. The standard InChI is InChI=1S/C24H27FN4O2/c1-3-6-17(23-20-9-8-18(25)15-21(20)31-28-23)10-12-26-13-11-19-16(2)27-22-7-4-5-14-29(22)24(19)30/h6,8-10,12,15,26H,3-5,7,11,13-14H2,1-2H3/b12-10-,17-6+. The lowest BCUT2D eigenvalue weighted by Crippen LogP contribution is -2.33. The average molecular weight is 423 g/mol. The maximum atomic E-state index is 13.4. The summed E-state index contributed by atoms with van der Waals surface area (Å²) in [5, 5.41) is 8.16. The smallest absolute Gasteiger partial charge is 0.256 e. The van der Waals surface area contributed by atoms with Crippen LogP contribution in [0.25, 0.3) is 16.5 Å². The molecule has 0 saturated carbocycles. The molecule has 0 aliphatic carbocycles. The van der Waals surface area contributed by atoms with Gasteiger partial charge in [0.25, 0.3) is 5.56 Å². The van der Waals surface area contributed by atoms with Crippen molar-refractivity contribution in [2.75, 3.05) is 6.54 Å². The van der Waals surface area contributed by atoms with Crippen LogP contribution in [0.3, 0.4) is 0 Å². The van der Waals surface area contributed by atoms with Crippen molar-refractivity contribution < 1.29 is 8.91 Å². The minimum atomic E-state index is -0.351. The number of hydrogen-bond acceptors (Lipinski definition) is 5. The van der Waals surface area contributed by atoms with Crippen LogP contribution in [0, 0.1) is 12.7 Å². The van der Waals surface area contributed by atoms with Crippen molar-refractivity contribution in [3.8, 4) is 0 Å². The molecule has 1 aromatic carbocycles. The van der Waals surface area contributed by atoms with E-state index in [1.54, 1.807) is 6.07 Å². The van der Waals surface area contributed by atoms with Gasteiger partial charge in [0.15, 0.2) is 5.58 Å². The van der Waals surface area contributed by atoms with Crippen LogP contribution in [-0.4, -0.2) is 21.3 Å². The van der Waals surface area contributed by atoms with E-state index in [4.69, 9.17) is 4.52 Å². The fourth-order valence-corrected chi connectivity index (χ4v) is 4.03.